The highest BCUT2D eigenvalue weighted by atomic mass is 35.5. The van der Waals surface area contributed by atoms with E-state index >= 15 is 0 Å². The molecular weight excluding hydrogens is 342 g/mol. The maximum atomic E-state index is 10.6. The minimum Gasteiger partial charge on any atom is -0.326 e. The maximum absolute atomic E-state index is 10.6. The molecule has 0 spiro atoms. The fourth-order valence-corrected chi connectivity index (χ4v) is 2.93. The van der Waals surface area contributed by atoms with Crippen LogP contribution < -0.4 is 0 Å². The van der Waals surface area contributed by atoms with E-state index in [0.29, 0.717) is 16.5 Å². The first-order valence-corrected chi connectivity index (χ1v) is 8.95. The normalized spacial score (nSPS) is 12.5. The lowest BCUT2D eigenvalue weighted by Gasteiger charge is -2.18. The Kier molecular flexibility index (Phi) is 6.94. The lowest BCUT2D eigenvalue weighted by atomic mass is 9.87. The number of rotatable bonds is 7. The van der Waals surface area contributed by atoms with Crippen molar-refractivity contribution in [3.8, 4) is 0 Å². The molecule has 0 saturated carbocycles. The molecule has 0 fully saturated rings. The van der Waals surface area contributed by atoms with Gasteiger partial charge < -0.3 is 9.42 Å². The van der Waals surface area contributed by atoms with E-state index in [9.17, 15) is 4.57 Å². The summed E-state index contributed by atoms with van der Waals surface area (Å²) in [6, 6.07) is 15.4. The Morgan fingerprint density at radius 2 is 1.41 bits per heavy atom. The van der Waals surface area contributed by atoms with Gasteiger partial charge in [-0.15, -0.1) is 0 Å². The van der Waals surface area contributed by atoms with E-state index in [0.717, 1.165) is 17.5 Å². The second-order valence-corrected chi connectivity index (χ2v) is 6.61. The Morgan fingerprint density at radius 3 is 1.82 bits per heavy atom. The highest BCUT2D eigenvalue weighted by Crippen LogP contribution is 2.31. The molecule has 0 saturated heterocycles. The molecule has 1 atom stereocenters. The van der Waals surface area contributed by atoms with Gasteiger partial charge >= 0.3 is 8.25 Å². The van der Waals surface area contributed by atoms with Crippen LogP contribution in [0.3, 0.4) is 0 Å². The first kappa shape index (κ1) is 17.5. The zero-order valence-electron chi connectivity index (χ0n) is 11.8. The van der Waals surface area contributed by atoms with E-state index < -0.39 is 8.25 Å². The Morgan fingerprint density at radius 1 is 0.955 bits per heavy atom. The quantitative estimate of drug-likeness (QED) is 0.539. The van der Waals surface area contributed by atoms with Crippen LogP contribution in [-0.4, -0.2) is 11.5 Å². The maximum Gasteiger partial charge on any atom is 0.316 e. The molecule has 118 valence electrons. The van der Waals surface area contributed by atoms with Crippen LogP contribution in [0.2, 0.25) is 10.0 Å². The van der Waals surface area contributed by atoms with Crippen molar-refractivity contribution < 1.29 is 14.0 Å². The SMILES string of the molecule is O=[PH](O)OCCCC(c1ccc(Cl)cc1)c1ccc(Cl)cc1. The first-order valence-electron chi connectivity index (χ1n) is 6.93. The molecule has 2 aromatic rings. The molecule has 0 radical (unpaired) electrons. The van der Waals surface area contributed by atoms with Gasteiger partial charge in [0.15, 0.2) is 0 Å². The molecule has 2 aromatic carbocycles. The Hall–Kier alpha value is -0.830. The highest BCUT2D eigenvalue weighted by molar-refractivity contribution is 7.32. The van der Waals surface area contributed by atoms with Crippen LogP contribution in [0.1, 0.15) is 29.9 Å². The predicted molar refractivity (Wildman–Crippen MR) is 91.2 cm³/mol. The third-order valence-corrected chi connectivity index (χ3v) is 4.36. The molecule has 0 aliphatic rings. The highest BCUT2D eigenvalue weighted by Gasteiger charge is 2.14. The summed E-state index contributed by atoms with van der Waals surface area (Å²) in [7, 11) is -2.86. The Bertz CT molecular complexity index is 569. The zero-order chi connectivity index (χ0) is 15.9. The number of halogens is 2. The molecule has 1 N–H and O–H groups in total. The molecule has 0 aromatic heterocycles. The lowest BCUT2D eigenvalue weighted by molar-refractivity contribution is 0.273. The minimum absolute atomic E-state index is 0.166. The largest absolute Gasteiger partial charge is 0.326 e. The van der Waals surface area contributed by atoms with Crippen molar-refractivity contribution in [3.63, 3.8) is 0 Å². The molecule has 0 aliphatic heterocycles. The third-order valence-electron chi connectivity index (χ3n) is 3.41. The predicted octanol–water partition coefficient (Wildman–Crippen LogP) is 5.30. The van der Waals surface area contributed by atoms with Crippen molar-refractivity contribution in [1.29, 1.82) is 0 Å². The lowest BCUT2D eigenvalue weighted by Crippen LogP contribution is -2.03. The van der Waals surface area contributed by atoms with Gasteiger partial charge in [-0.2, -0.15) is 0 Å². The van der Waals surface area contributed by atoms with E-state index in [1.54, 1.807) is 0 Å². The van der Waals surface area contributed by atoms with E-state index in [4.69, 9.17) is 32.6 Å². The molecular formula is C16H17Cl2O3P. The monoisotopic (exact) mass is 358 g/mol. The van der Waals surface area contributed by atoms with E-state index in [1.165, 1.54) is 0 Å². The summed E-state index contributed by atoms with van der Waals surface area (Å²) < 4.78 is 15.4. The van der Waals surface area contributed by atoms with Gasteiger partial charge in [-0.1, -0.05) is 47.5 Å². The van der Waals surface area contributed by atoms with Gasteiger partial charge in [0.2, 0.25) is 0 Å². The Balaban J connectivity index is 2.14. The van der Waals surface area contributed by atoms with Crippen LogP contribution in [0.25, 0.3) is 0 Å². The summed E-state index contributed by atoms with van der Waals surface area (Å²) in [5.41, 5.74) is 2.28. The van der Waals surface area contributed by atoms with E-state index in [-0.39, 0.29) is 12.5 Å². The number of hydrogen-bond acceptors (Lipinski definition) is 2. The smallest absolute Gasteiger partial charge is 0.316 e. The van der Waals surface area contributed by atoms with Crippen molar-refractivity contribution in [1.82, 2.24) is 0 Å². The van der Waals surface area contributed by atoms with Crippen LogP contribution in [0.15, 0.2) is 48.5 Å². The van der Waals surface area contributed by atoms with Gasteiger partial charge in [0.25, 0.3) is 0 Å². The summed E-state index contributed by atoms with van der Waals surface area (Å²) in [4.78, 5) is 8.71. The molecule has 0 bridgehead atoms. The molecule has 22 heavy (non-hydrogen) atoms. The van der Waals surface area contributed by atoms with Gasteiger partial charge in [0, 0.05) is 16.0 Å². The number of benzene rings is 2. The average Bonchev–Trinajstić information content (AvgIpc) is 2.50. The van der Waals surface area contributed by atoms with Crippen molar-refractivity contribution in [2.75, 3.05) is 6.61 Å². The third kappa shape index (κ3) is 5.42. The fourth-order valence-electron chi connectivity index (χ4n) is 2.36. The van der Waals surface area contributed by atoms with E-state index in [1.807, 2.05) is 48.5 Å². The molecule has 2 rings (SSSR count). The molecule has 0 heterocycles. The molecule has 0 aliphatic carbocycles. The summed E-state index contributed by atoms with van der Waals surface area (Å²) in [6.45, 7) is 0.270. The summed E-state index contributed by atoms with van der Waals surface area (Å²) in [6.07, 6.45) is 1.49. The van der Waals surface area contributed by atoms with Crippen LogP contribution >= 0.6 is 31.5 Å². The van der Waals surface area contributed by atoms with Crippen molar-refractivity contribution in [2.24, 2.45) is 0 Å². The topological polar surface area (TPSA) is 46.5 Å². The molecule has 1 unspecified atom stereocenters. The van der Waals surface area contributed by atoms with Gasteiger partial charge in [-0.05, 0) is 48.2 Å². The van der Waals surface area contributed by atoms with Gasteiger partial charge in [0.1, 0.15) is 0 Å². The minimum atomic E-state index is -2.86. The summed E-state index contributed by atoms with van der Waals surface area (Å²) in [5.74, 6) is 0.166. The first-order chi connectivity index (χ1) is 10.6. The van der Waals surface area contributed by atoms with Crippen molar-refractivity contribution >= 4 is 31.5 Å². The van der Waals surface area contributed by atoms with Crippen molar-refractivity contribution in [2.45, 2.75) is 18.8 Å². The molecule has 3 nitrogen and oxygen atoms in total. The standard InChI is InChI=1S/C16H17Cl2O3P/c17-14-7-3-12(4-8-14)16(2-1-11-21-22(19)20)13-5-9-15(18)10-6-13/h3-10,16,22H,1-2,11H2,(H,19,20). The van der Waals surface area contributed by atoms with Gasteiger partial charge in [-0.25, -0.2) is 0 Å². The second kappa shape index (κ2) is 8.71. The summed E-state index contributed by atoms with van der Waals surface area (Å²) in [5, 5.41) is 1.39. The molecule has 0 amide bonds. The van der Waals surface area contributed by atoms with Crippen molar-refractivity contribution in [3.05, 3.63) is 69.7 Å². The molecule has 6 heteroatoms. The average molecular weight is 359 g/mol. The van der Waals surface area contributed by atoms with Crippen LogP contribution in [0.4, 0.5) is 0 Å². The van der Waals surface area contributed by atoms with Crippen LogP contribution in [-0.2, 0) is 9.09 Å². The van der Waals surface area contributed by atoms with Crippen LogP contribution in [0, 0.1) is 0 Å². The van der Waals surface area contributed by atoms with Gasteiger partial charge in [-0.3, -0.25) is 4.57 Å². The zero-order valence-corrected chi connectivity index (χ0v) is 14.3. The van der Waals surface area contributed by atoms with Gasteiger partial charge in [0.05, 0.1) is 6.61 Å². The van der Waals surface area contributed by atoms with Crippen LogP contribution in [0.5, 0.6) is 0 Å². The Labute approximate surface area is 140 Å². The summed E-state index contributed by atoms with van der Waals surface area (Å²) >= 11 is 11.9. The second-order valence-electron chi connectivity index (χ2n) is 4.91. The number of hydrogen-bond donors (Lipinski definition) is 1. The van der Waals surface area contributed by atoms with E-state index in [2.05, 4.69) is 0 Å². The fraction of sp³-hybridized carbons (Fsp3) is 0.250.